The Morgan fingerprint density at radius 3 is 2.49 bits per heavy atom. The molecule has 2 N–H and O–H groups in total. The number of nitrogens with zero attached hydrogens (tertiary/aromatic N) is 2. The van der Waals surface area contributed by atoms with Gasteiger partial charge in [-0.25, -0.2) is 4.98 Å². The van der Waals surface area contributed by atoms with Crippen LogP contribution in [0.4, 0.5) is 0 Å². The highest BCUT2D eigenvalue weighted by molar-refractivity contribution is 5.52. The van der Waals surface area contributed by atoms with Gasteiger partial charge in [-0.3, -0.25) is 4.79 Å². The van der Waals surface area contributed by atoms with E-state index in [2.05, 4.69) is 100 Å². The van der Waals surface area contributed by atoms with Gasteiger partial charge >= 0.3 is 0 Å². The van der Waals surface area contributed by atoms with Gasteiger partial charge in [0.15, 0.2) is 0 Å². The summed E-state index contributed by atoms with van der Waals surface area (Å²) >= 11 is 0. The molecule has 1 aliphatic rings. The Hall–Kier alpha value is -3.28. The van der Waals surface area contributed by atoms with Crippen LogP contribution in [-0.2, 0) is 13.0 Å². The summed E-state index contributed by atoms with van der Waals surface area (Å²) in [6, 6.07) is 21.2. The Kier molecular flexibility index (Phi) is 8.82. The average molecular weight is 469 g/mol. The summed E-state index contributed by atoms with van der Waals surface area (Å²) in [5.41, 5.74) is 4.23. The van der Waals surface area contributed by atoms with E-state index < -0.39 is 0 Å². The van der Waals surface area contributed by atoms with E-state index in [1.807, 2.05) is 13.0 Å². The Bertz CT molecular complexity index is 1300. The second-order valence-electron chi connectivity index (χ2n) is 9.17. The van der Waals surface area contributed by atoms with E-state index in [1.54, 1.807) is 0 Å². The Morgan fingerprint density at radius 1 is 1.03 bits per heavy atom. The van der Waals surface area contributed by atoms with Gasteiger partial charge in [-0.15, -0.1) is 0 Å². The predicted octanol–water partition coefficient (Wildman–Crippen LogP) is 3.47. The molecule has 5 heteroatoms. The summed E-state index contributed by atoms with van der Waals surface area (Å²) in [4.78, 5) is 22.6. The van der Waals surface area contributed by atoms with Gasteiger partial charge in [-0.05, 0) is 68.6 Å². The smallest absolute Gasteiger partial charge is 0.270 e. The van der Waals surface area contributed by atoms with E-state index in [1.165, 1.54) is 16.7 Å². The molecule has 182 valence electrons. The molecule has 1 unspecified atom stereocenters. The van der Waals surface area contributed by atoms with E-state index in [-0.39, 0.29) is 11.6 Å². The van der Waals surface area contributed by atoms with Crippen molar-refractivity contribution in [3.63, 3.8) is 0 Å². The average Bonchev–Trinajstić information content (AvgIpc) is 2.86. The molecule has 0 fully saturated rings. The normalized spacial score (nSPS) is 16.1. The molecule has 1 atom stereocenters. The van der Waals surface area contributed by atoms with Crippen LogP contribution in [0.3, 0.4) is 0 Å². The van der Waals surface area contributed by atoms with Gasteiger partial charge in [0.2, 0.25) is 0 Å². The zero-order valence-corrected chi connectivity index (χ0v) is 20.8. The Morgan fingerprint density at radius 2 is 1.74 bits per heavy atom. The summed E-state index contributed by atoms with van der Waals surface area (Å²) in [6.45, 7) is 4.83. The first-order chi connectivity index (χ1) is 17.1. The van der Waals surface area contributed by atoms with E-state index in [0.717, 1.165) is 49.6 Å². The molecule has 4 rings (SSSR count). The maximum atomic E-state index is 12.5. The number of hydrogen-bond acceptors (Lipinski definition) is 4. The SMILES string of the molecule is CCc1nc2/c([nH]c1=O)=C\C(C(NCCCN(C)Cc1ccccc1)c1ccccc1)=CCC\C=2. The van der Waals surface area contributed by atoms with Gasteiger partial charge < -0.3 is 15.2 Å². The number of benzene rings is 2. The molecule has 0 amide bonds. The van der Waals surface area contributed by atoms with Gasteiger partial charge in [-0.1, -0.05) is 79.7 Å². The monoisotopic (exact) mass is 468 g/mol. The molecule has 2 aromatic carbocycles. The van der Waals surface area contributed by atoms with Crippen molar-refractivity contribution in [3.8, 4) is 0 Å². The minimum absolute atomic E-state index is 0.0518. The Balaban J connectivity index is 1.51. The predicted molar refractivity (Wildman–Crippen MR) is 144 cm³/mol. The fraction of sp³-hybridized carbons (Fsp3) is 0.333. The number of fused-ring (bicyclic) bond motifs is 1. The molecular weight excluding hydrogens is 432 g/mol. The third-order valence-electron chi connectivity index (χ3n) is 6.40. The molecule has 0 radical (unpaired) electrons. The first-order valence-corrected chi connectivity index (χ1v) is 12.7. The van der Waals surface area contributed by atoms with Crippen LogP contribution in [-0.4, -0.2) is 35.0 Å². The molecule has 0 saturated heterocycles. The molecule has 35 heavy (non-hydrogen) atoms. The number of aromatic amines is 1. The zero-order valence-electron chi connectivity index (χ0n) is 20.8. The summed E-state index contributed by atoms with van der Waals surface area (Å²) in [5, 5.41) is 5.46. The number of aromatic nitrogens is 2. The molecule has 1 heterocycles. The number of nitrogens with one attached hydrogen (secondary N) is 2. The van der Waals surface area contributed by atoms with E-state index in [4.69, 9.17) is 0 Å². The topological polar surface area (TPSA) is 61.0 Å². The summed E-state index contributed by atoms with van der Waals surface area (Å²) in [6.07, 6.45) is 10.0. The molecule has 5 nitrogen and oxygen atoms in total. The highest BCUT2D eigenvalue weighted by Gasteiger charge is 2.16. The van der Waals surface area contributed by atoms with Crippen molar-refractivity contribution in [1.29, 1.82) is 0 Å². The van der Waals surface area contributed by atoms with Crippen LogP contribution in [0.2, 0.25) is 0 Å². The second kappa shape index (κ2) is 12.4. The quantitative estimate of drug-likeness (QED) is 0.448. The fourth-order valence-corrected chi connectivity index (χ4v) is 4.56. The van der Waals surface area contributed by atoms with Crippen molar-refractivity contribution in [2.45, 2.75) is 45.2 Å². The molecule has 3 aromatic rings. The molecule has 0 saturated carbocycles. The van der Waals surface area contributed by atoms with Gasteiger partial charge in [-0.2, -0.15) is 0 Å². The number of allylic oxidation sites excluding steroid dienone is 1. The maximum absolute atomic E-state index is 12.5. The highest BCUT2D eigenvalue weighted by atomic mass is 16.1. The number of H-pyrrole nitrogens is 1. The van der Waals surface area contributed by atoms with E-state index in [9.17, 15) is 4.79 Å². The summed E-state index contributed by atoms with van der Waals surface area (Å²) < 4.78 is 0. The lowest BCUT2D eigenvalue weighted by Gasteiger charge is -2.23. The van der Waals surface area contributed by atoms with Crippen molar-refractivity contribution in [3.05, 3.63) is 110 Å². The maximum Gasteiger partial charge on any atom is 0.270 e. The molecule has 1 aromatic heterocycles. The lowest BCUT2D eigenvalue weighted by atomic mass is 9.95. The van der Waals surface area contributed by atoms with Crippen LogP contribution in [0.5, 0.6) is 0 Å². The van der Waals surface area contributed by atoms with Gasteiger partial charge in [0.25, 0.3) is 5.56 Å². The van der Waals surface area contributed by atoms with Crippen LogP contribution < -0.4 is 21.6 Å². The van der Waals surface area contributed by atoms with Crippen LogP contribution in [0.15, 0.2) is 77.1 Å². The summed E-state index contributed by atoms with van der Waals surface area (Å²) in [5.74, 6) is 0. The van der Waals surface area contributed by atoms with Crippen molar-refractivity contribution >= 4 is 12.2 Å². The minimum atomic E-state index is -0.0958. The minimum Gasteiger partial charge on any atom is -0.319 e. The van der Waals surface area contributed by atoms with Gasteiger partial charge in [0.05, 0.1) is 16.7 Å². The number of hydrogen-bond donors (Lipinski definition) is 2. The van der Waals surface area contributed by atoms with Crippen LogP contribution >= 0.6 is 0 Å². The van der Waals surface area contributed by atoms with Crippen molar-refractivity contribution in [2.75, 3.05) is 20.1 Å². The standard InChI is InChI=1S/C30H36N4O/c1-3-26-30(35)33-28-21-25(17-10-11-18-27(28)32-26)29(24-15-8-5-9-16-24)31-19-12-20-34(2)22-23-13-6-4-7-14-23/h4-9,13-18,21,29,31H,3,10-12,19-20,22H2,1-2H3,(H,33,35)/b25-17?,27-18+,28-21+. The number of rotatable bonds is 10. The van der Waals surface area contributed by atoms with E-state index >= 15 is 0 Å². The van der Waals surface area contributed by atoms with Gasteiger partial charge in [0, 0.05) is 6.54 Å². The third kappa shape index (κ3) is 6.87. The zero-order chi connectivity index (χ0) is 24.5. The molecule has 0 bridgehead atoms. The molecule has 0 spiro atoms. The largest absolute Gasteiger partial charge is 0.319 e. The first kappa shape index (κ1) is 24.8. The summed E-state index contributed by atoms with van der Waals surface area (Å²) in [7, 11) is 2.17. The number of aryl methyl sites for hydroxylation is 1. The Labute approximate surface area is 207 Å². The van der Waals surface area contributed by atoms with Crippen molar-refractivity contribution < 1.29 is 0 Å². The molecule has 1 aliphatic carbocycles. The second-order valence-corrected chi connectivity index (χ2v) is 9.17. The van der Waals surface area contributed by atoms with Crippen LogP contribution in [0.25, 0.3) is 12.2 Å². The third-order valence-corrected chi connectivity index (χ3v) is 6.40. The lowest BCUT2D eigenvalue weighted by Crippen LogP contribution is -2.40. The van der Waals surface area contributed by atoms with Crippen molar-refractivity contribution in [2.24, 2.45) is 0 Å². The fourth-order valence-electron chi connectivity index (χ4n) is 4.56. The van der Waals surface area contributed by atoms with Crippen LogP contribution in [0.1, 0.15) is 49.0 Å². The lowest BCUT2D eigenvalue weighted by molar-refractivity contribution is 0.318. The first-order valence-electron chi connectivity index (χ1n) is 12.7. The van der Waals surface area contributed by atoms with Crippen LogP contribution in [0, 0.1) is 0 Å². The molecular formula is C30H36N4O. The van der Waals surface area contributed by atoms with Gasteiger partial charge in [0.1, 0.15) is 5.69 Å². The highest BCUT2D eigenvalue weighted by Crippen LogP contribution is 2.24. The van der Waals surface area contributed by atoms with E-state index in [0.29, 0.717) is 12.1 Å². The van der Waals surface area contributed by atoms with Crippen molar-refractivity contribution in [1.82, 2.24) is 20.2 Å². The molecule has 0 aliphatic heterocycles.